The van der Waals surface area contributed by atoms with E-state index in [4.69, 9.17) is 0 Å². The van der Waals surface area contributed by atoms with Crippen LogP contribution in [0.1, 0.15) is 12.5 Å². The highest BCUT2D eigenvalue weighted by Gasteiger charge is 2.43. The van der Waals surface area contributed by atoms with Gasteiger partial charge in [0.2, 0.25) is 0 Å². The first-order valence-electron chi connectivity index (χ1n) is 5.25. The Morgan fingerprint density at radius 3 is 2.82 bits per heavy atom. The molecule has 0 saturated carbocycles. The van der Waals surface area contributed by atoms with Crippen molar-refractivity contribution in [2.75, 3.05) is 6.54 Å². The molecule has 0 amide bonds. The highest BCUT2D eigenvalue weighted by atomic mass is 19.3. The molecule has 1 atom stereocenters. The number of fused-ring (bicyclic) bond motifs is 1. The number of halogens is 2. The molecule has 0 aromatic heterocycles. The van der Waals surface area contributed by atoms with Crippen LogP contribution >= 0.6 is 0 Å². The molecule has 2 aliphatic heterocycles. The van der Waals surface area contributed by atoms with Crippen molar-refractivity contribution in [3.63, 3.8) is 0 Å². The maximum atomic E-state index is 12.8. The number of amidine groups is 1. The Balaban J connectivity index is 1.91. The van der Waals surface area contributed by atoms with Gasteiger partial charge in [-0.05, 0) is 25.1 Å². The number of aliphatic imine (C=N–C) groups is 1. The molecule has 0 saturated heterocycles. The molecule has 0 radical (unpaired) electrons. The molecule has 1 aromatic rings. The lowest BCUT2D eigenvalue weighted by Crippen LogP contribution is -2.27. The molecular formula is C11H10F2N2O2. The van der Waals surface area contributed by atoms with Gasteiger partial charge < -0.3 is 14.8 Å². The standard InChI is InChI=1S/C11H10F2N2O2/c1-6-5-14-10(15-6)7-2-3-8-9(4-7)17-11(12,13)16-8/h2-4,6H,5H2,1H3,(H,14,15). The minimum Gasteiger partial charge on any atom is -0.395 e. The molecule has 2 aliphatic rings. The zero-order chi connectivity index (χ0) is 12.0. The van der Waals surface area contributed by atoms with Gasteiger partial charge in [-0.1, -0.05) is 0 Å². The molecule has 1 N–H and O–H groups in total. The van der Waals surface area contributed by atoms with E-state index in [2.05, 4.69) is 19.8 Å². The monoisotopic (exact) mass is 240 g/mol. The van der Waals surface area contributed by atoms with Crippen molar-refractivity contribution in [1.82, 2.24) is 5.32 Å². The van der Waals surface area contributed by atoms with Gasteiger partial charge in [-0.3, -0.25) is 4.99 Å². The molecule has 3 rings (SSSR count). The summed E-state index contributed by atoms with van der Waals surface area (Å²) in [5.41, 5.74) is 0.717. The van der Waals surface area contributed by atoms with E-state index in [9.17, 15) is 8.78 Å². The van der Waals surface area contributed by atoms with Crippen molar-refractivity contribution in [2.45, 2.75) is 19.3 Å². The molecule has 90 valence electrons. The molecule has 0 fully saturated rings. The third kappa shape index (κ3) is 1.79. The number of nitrogens with zero attached hydrogens (tertiary/aromatic N) is 1. The van der Waals surface area contributed by atoms with E-state index >= 15 is 0 Å². The van der Waals surface area contributed by atoms with Crippen LogP contribution in [0.2, 0.25) is 0 Å². The predicted octanol–water partition coefficient (Wildman–Crippen LogP) is 1.75. The first-order valence-corrected chi connectivity index (χ1v) is 5.25. The summed E-state index contributed by atoms with van der Waals surface area (Å²) in [6, 6.07) is 4.89. The van der Waals surface area contributed by atoms with E-state index in [0.29, 0.717) is 12.4 Å². The molecule has 2 heterocycles. The highest BCUT2D eigenvalue weighted by Crippen LogP contribution is 2.41. The van der Waals surface area contributed by atoms with Crippen molar-refractivity contribution in [3.8, 4) is 11.5 Å². The molecule has 1 unspecified atom stereocenters. The zero-order valence-corrected chi connectivity index (χ0v) is 9.04. The van der Waals surface area contributed by atoms with E-state index in [1.165, 1.54) is 12.1 Å². The summed E-state index contributed by atoms with van der Waals surface area (Å²) in [5.74, 6) is 0.779. The summed E-state index contributed by atoms with van der Waals surface area (Å²) in [5, 5.41) is 3.15. The SMILES string of the molecule is CC1CN=C(c2ccc3c(c2)OC(F)(F)O3)N1. The smallest absolute Gasteiger partial charge is 0.395 e. The van der Waals surface area contributed by atoms with E-state index < -0.39 is 6.29 Å². The van der Waals surface area contributed by atoms with Crippen molar-refractivity contribution in [1.29, 1.82) is 0 Å². The Morgan fingerprint density at radius 2 is 2.12 bits per heavy atom. The molecular weight excluding hydrogens is 230 g/mol. The van der Waals surface area contributed by atoms with E-state index in [0.717, 1.165) is 5.56 Å². The normalized spacial score (nSPS) is 24.4. The van der Waals surface area contributed by atoms with Gasteiger partial charge in [0, 0.05) is 11.6 Å². The predicted molar refractivity (Wildman–Crippen MR) is 56.6 cm³/mol. The van der Waals surface area contributed by atoms with E-state index in [1.807, 2.05) is 6.92 Å². The number of benzene rings is 1. The summed E-state index contributed by atoms with van der Waals surface area (Å²) >= 11 is 0. The number of ether oxygens (including phenoxy) is 2. The third-order valence-corrected chi connectivity index (χ3v) is 2.58. The van der Waals surface area contributed by atoms with E-state index in [1.54, 1.807) is 6.07 Å². The average Bonchev–Trinajstić information content (AvgIpc) is 2.78. The van der Waals surface area contributed by atoms with Crippen LogP contribution in [0, 0.1) is 0 Å². The van der Waals surface area contributed by atoms with Gasteiger partial charge in [-0.2, -0.15) is 0 Å². The number of rotatable bonds is 1. The van der Waals surface area contributed by atoms with Gasteiger partial charge in [-0.15, -0.1) is 8.78 Å². The van der Waals surface area contributed by atoms with Gasteiger partial charge in [0.25, 0.3) is 0 Å². The fourth-order valence-corrected chi connectivity index (χ4v) is 1.82. The summed E-state index contributed by atoms with van der Waals surface area (Å²) in [6.45, 7) is 2.68. The Hall–Kier alpha value is -1.85. The van der Waals surface area contributed by atoms with Crippen molar-refractivity contribution >= 4 is 5.84 Å². The fourth-order valence-electron chi connectivity index (χ4n) is 1.82. The van der Waals surface area contributed by atoms with Gasteiger partial charge in [-0.25, -0.2) is 0 Å². The lowest BCUT2D eigenvalue weighted by atomic mass is 10.2. The van der Waals surface area contributed by atoms with Gasteiger partial charge in [0.05, 0.1) is 6.54 Å². The second-order valence-corrected chi connectivity index (χ2v) is 4.06. The van der Waals surface area contributed by atoms with Crippen molar-refractivity contribution < 1.29 is 18.3 Å². The summed E-state index contributed by atoms with van der Waals surface area (Å²) in [7, 11) is 0. The van der Waals surface area contributed by atoms with Crippen LogP contribution in [0.25, 0.3) is 0 Å². The zero-order valence-electron chi connectivity index (χ0n) is 9.04. The molecule has 1 aromatic carbocycles. The molecule has 6 heteroatoms. The quantitative estimate of drug-likeness (QED) is 0.813. The van der Waals surface area contributed by atoms with Gasteiger partial charge in [0.15, 0.2) is 11.5 Å². The first kappa shape index (κ1) is 10.3. The molecule has 4 nitrogen and oxygen atoms in total. The summed E-state index contributed by atoms with van der Waals surface area (Å²) in [6.07, 6.45) is -3.57. The Bertz CT molecular complexity index is 502. The fraction of sp³-hybridized carbons (Fsp3) is 0.364. The molecule has 0 aliphatic carbocycles. The van der Waals surface area contributed by atoms with Crippen LogP contribution in [0.3, 0.4) is 0 Å². The Morgan fingerprint density at radius 1 is 1.35 bits per heavy atom. The minimum atomic E-state index is -3.57. The van der Waals surface area contributed by atoms with E-state index in [-0.39, 0.29) is 17.5 Å². The maximum Gasteiger partial charge on any atom is 0.586 e. The molecule has 0 bridgehead atoms. The van der Waals surface area contributed by atoms with Crippen LogP contribution in [0.5, 0.6) is 11.5 Å². The minimum absolute atomic E-state index is 0.0385. The van der Waals surface area contributed by atoms with Crippen molar-refractivity contribution in [3.05, 3.63) is 23.8 Å². The van der Waals surface area contributed by atoms with Crippen molar-refractivity contribution in [2.24, 2.45) is 4.99 Å². The number of hydrogen-bond donors (Lipinski definition) is 1. The summed E-state index contributed by atoms with van der Waals surface area (Å²) < 4.78 is 34.3. The number of hydrogen-bond acceptors (Lipinski definition) is 4. The van der Waals surface area contributed by atoms with Gasteiger partial charge >= 0.3 is 6.29 Å². The summed E-state index contributed by atoms with van der Waals surface area (Å²) in [4.78, 5) is 4.27. The molecule has 17 heavy (non-hydrogen) atoms. The van der Waals surface area contributed by atoms with Gasteiger partial charge in [0.1, 0.15) is 5.84 Å². The van der Waals surface area contributed by atoms with Crippen LogP contribution in [0.4, 0.5) is 8.78 Å². The first-order chi connectivity index (χ1) is 8.03. The Kier molecular flexibility index (Phi) is 2.01. The maximum absolute atomic E-state index is 12.8. The van der Waals surface area contributed by atoms with Crippen LogP contribution in [-0.2, 0) is 0 Å². The Labute approximate surface area is 96.2 Å². The third-order valence-electron chi connectivity index (χ3n) is 2.58. The number of alkyl halides is 2. The van der Waals surface area contributed by atoms with Crippen LogP contribution < -0.4 is 14.8 Å². The van der Waals surface area contributed by atoms with Crippen LogP contribution in [0.15, 0.2) is 23.2 Å². The topological polar surface area (TPSA) is 42.9 Å². The lowest BCUT2D eigenvalue weighted by molar-refractivity contribution is -0.286. The average molecular weight is 240 g/mol. The lowest BCUT2D eigenvalue weighted by Gasteiger charge is -2.06. The highest BCUT2D eigenvalue weighted by molar-refractivity contribution is 6.00. The second kappa shape index (κ2) is 3.32. The molecule has 0 spiro atoms. The number of nitrogens with one attached hydrogen (secondary N) is 1. The van der Waals surface area contributed by atoms with Crippen LogP contribution in [-0.4, -0.2) is 24.7 Å². The second-order valence-electron chi connectivity index (χ2n) is 4.06. The largest absolute Gasteiger partial charge is 0.586 e.